The third-order valence-corrected chi connectivity index (χ3v) is 8.06. The topological polar surface area (TPSA) is 52.6 Å². The largest absolute Gasteiger partial charge is 0.366 e. The molecule has 5 nitrogen and oxygen atoms in total. The van der Waals surface area contributed by atoms with Crippen molar-refractivity contribution in [3.8, 4) is 0 Å². The summed E-state index contributed by atoms with van der Waals surface area (Å²) in [5, 5.41) is 0. The molecule has 0 spiro atoms. The van der Waals surface area contributed by atoms with Crippen LogP contribution in [-0.2, 0) is 10.0 Å². The van der Waals surface area contributed by atoms with E-state index < -0.39 is 10.0 Å². The fraction of sp³-hybridized carbons (Fsp3) is 0.500. The Morgan fingerprint density at radius 3 is 2.47 bits per heavy atom. The zero-order valence-corrected chi connectivity index (χ0v) is 18.8. The van der Waals surface area contributed by atoms with Crippen molar-refractivity contribution in [3.05, 3.63) is 60.2 Å². The van der Waals surface area contributed by atoms with Crippen LogP contribution in [-0.4, -0.2) is 51.1 Å². The first-order valence-electron chi connectivity index (χ1n) is 11.1. The first-order chi connectivity index (χ1) is 14.4. The van der Waals surface area contributed by atoms with Crippen molar-refractivity contribution in [1.29, 1.82) is 0 Å². The summed E-state index contributed by atoms with van der Waals surface area (Å²) >= 11 is 0. The number of anilines is 1. The normalized spacial score (nSPS) is 25.9. The second kappa shape index (κ2) is 9.08. The molecule has 0 aromatic heterocycles. The lowest BCUT2D eigenvalue weighted by Gasteiger charge is -2.47. The van der Waals surface area contributed by atoms with Gasteiger partial charge in [-0.2, -0.15) is 0 Å². The molecule has 2 fully saturated rings. The van der Waals surface area contributed by atoms with E-state index in [9.17, 15) is 8.42 Å². The fourth-order valence-corrected chi connectivity index (χ4v) is 6.36. The number of nitrogens with one attached hydrogen (secondary N) is 1. The highest BCUT2D eigenvalue weighted by Gasteiger charge is 2.36. The molecule has 2 aliphatic rings. The number of piperazine rings is 1. The maximum Gasteiger partial charge on any atom is 0.240 e. The molecule has 2 aromatic carbocycles. The molecule has 1 aliphatic carbocycles. The van der Waals surface area contributed by atoms with Gasteiger partial charge in [-0.15, -0.1) is 0 Å². The maximum absolute atomic E-state index is 12.9. The SMILES string of the molecule is Cc1cccc(N2CCN([C@@H]3CCCC[C@H]3NS(=O)(=O)c3ccccc3)C[C@H]2C)c1. The van der Waals surface area contributed by atoms with Gasteiger partial charge in [0.2, 0.25) is 10.0 Å². The maximum atomic E-state index is 12.9. The van der Waals surface area contributed by atoms with E-state index in [1.54, 1.807) is 24.3 Å². The van der Waals surface area contributed by atoms with Gasteiger partial charge < -0.3 is 4.90 Å². The average Bonchev–Trinajstić information content (AvgIpc) is 2.74. The molecule has 0 unspecified atom stereocenters. The van der Waals surface area contributed by atoms with Crippen LogP contribution >= 0.6 is 0 Å². The van der Waals surface area contributed by atoms with Gasteiger partial charge in [-0.1, -0.05) is 43.2 Å². The van der Waals surface area contributed by atoms with Gasteiger partial charge in [0.15, 0.2) is 0 Å². The van der Waals surface area contributed by atoms with E-state index in [0.29, 0.717) is 10.9 Å². The monoisotopic (exact) mass is 427 g/mol. The van der Waals surface area contributed by atoms with Crippen LogP contribution in [0.15, 0.2) is 59.5 Å². The Kier molecular flexibility index (Phi) is 6.46. The first-order valence-corrected chi connectivity index (χ1v) is 12.6. The lowest BCUT2D eigenvalue weighted by molar-refractivity contribution is 0.110. The minimum Gasteiger partial charge on any atom is -0.366 e. The molecule has 6 heteroatoms. The van der Waals surface area contributed by atoms with Crippen LogP contribution in [0.3, 0.4) is 0 Å². The van der Waals surface area contributed by atoms with Crippen molar-refractivity contribution in [2.24, 2.45) is 0 Å². The zero-order chi connectivity index (χ0) is 21.1. The van der Waals surface area contributed by atoms with Crippen LogP contribution in [0.4, 0.5) is 5.69 Å². The Morgan fingerprint density at radius 1 is 0.967 bits per heavy atom. The molecule has 162 valence electrons. The van der Waals surface area contributed by atoms with Crippen LogP contribution < -0.4 is 9.62 Å². The smallest absolute Gasteiger partial charge is 0.240 e. The zero-order valence-electron chi connectivity index (χ0n) is 18.0. The van der Waals surface area contributed by atoms with Crippen molar-refractivity contribution in [1.82, 2.24) is 9.62 Å². The predicted molar refractivity (Wildman–Crippen MR) is 122 cm³/mol. The van der Waals surface area contributed by atoms with Gasteiger partial charge in [-0.3, -0.25) is 4.90 Å². The van der Waals surface area contributed by atoms with Crippen molar-refractivity contribution in [3.63, 3.8) is 0 Å². The number of nitrogens with zero attached hydrogens (tertiary/aromatic N) is 2. The third-order valence-electron chi connectivity index (χ3n) is 6.55. The lowest BCUT2D eigenvalue weighted by Crippen LogP contribution is -2.60. The Morgan fingerprint density at radius 2 is 1.73 bits per heavy atom. The molecule has 1 N–H and O–H groups in total. The van der Waals surface area contributed by atoms with Gasteiger partial charge in [0, 0.05) is 43.4 Å². The number of rotatable bonds is 5. The molecule has 1 heterocycles. The summed E-state index contributed by atoms with van der Waals surface area (Å²) in [6.45, 7) is 7.31. The van der Waals surface area contributed by atoms with Gasteiger partial charge in [-0.05, 0) is 56.5 Å². The predicted octanol–water partition coefficient (Wildman–Crippen LogP) is 3.80. The van der Waals surface area contributed by atoms with Gasteiger partial charge in [-0.25, -0.2) is 13.1 Å². The number of hydrogen-bond donors (Lipinski definition) is 1. The summed E-state index contributed by atoms with van der Waals surface area (Å²) in [5.74, 6) is 0. The van der Waals surface area contributed by atoms with Gasteiger partial charge in [0.1, 0.15) is 0 Å². The summed E-state index contributed by atoms with van der Waals surface area (Å²) in [6.07, 6.45) is 4.21. The fourth-order valence-electron chi connectivity index (χ4n) is 5.03. The molecular formula is C24H33N3O2S. The van der Waals surface area contributed by atoms with Crippen molar-refractivity contribution >= 4 is 15.7 Å². The van der Waals surface area contributed by atoms with Crippen LogP contribution in [0.2, 0.25) is 0 Å². The summed E-state index contributed by atoms with van der Waals surface area (Å²) in [7, 11) is -3.49. The average molecular weight is 428 g/mol. The molecule has 3 atom stereocenters. The second-order valence-electron chi connectivity index (χ2n) is 8.77. The number of benzene rings is 2. The molecule has 0 radical (unpaired) electrons. The molecule has 1 saturated heterocycles. The van der Waals surface area contributed by atoms with E-state index >= 15 is 0 Å². The molecule has 1 saturated carbocycles. The van der Waals surface area contributed by atoms with Crippen LogP contribution in [0.5, 0.6) is 0 Å². The highest BCUT2D eigenvalue weighted by molar-refractivity contribution is 7.89. The molecule has 1 aliphatic heterocycles. The summed E-state index contributed by atoms with van der Waals surface area (Å²) < 4.78 is 28.9. The minimum absolute atomic E-state index is 0.0262. The highest BCUT2D eigenvalue weighted by Crippen LogP contribution is 2.29. The second-order valence-corrected chi connectivity index (χ2v) is 10.5. The quantitative estimate of drug-likeness (QED) is 0.789. The van der Waals surface area contributed by atoms with E-state index in [1.807, 2.05) is 6.07 Å². The van der Waals surface area contributed by atoms with E-state index in [1.165, 1.54) is 17.7 Å². The standard InChI is InChI=1S/C24H33N3O2S/c1-19-9-8-10-21(17-19)27-16-15-26(18-20(27)2)24-14-7-6-13-23(24)25-30(28,29)22-11-4-3-5-12-22/h3-5,8-12,17,20,23-25H,6-7,13-16,18H2,1-2H3/t20-,23-,24-/m1/s1. The van der Waals surface area contributed by atoms with Crippen molar-refractivity contribution in [2.75, 3.05) is 24.5 Å². The molecular weight excluding hydrogens is 394 g/mol. The van der Waals surface area contributed by atoms with Gasteiger partial charge in [0.25, 0.3) is 0 Å². The highest BCUT2D eigenvalue weighted by atomic mass is 32.2. The number of hydrogen-bond acceptors (Lipinski definition) is 4. The van der Waals surface area contributed by atoms with Gasteiger partial charge in [0.05, 0.1) is 4.90 Å². The lowest BCUT2D eigenvalue weighted by atomic mass is 9.89. The number of aryl methyl sites for hydroxylation is 1. The molecule has 2 aromatic rings. The van der Waals surface area contributed by atoms with E-state index in [0.717, 1.165) is 38.9 Å². The summed E-state index contributed by atoms with van der Waals surface area (Å²) in [5.41, 5.74) is 2.57. The Hall–Kier alpha value is -1.89. The molecule has 4 rings (SSSR count). The van der Waals surface area contributed by atoms with Crippen LogP contribution in [0.1, 0.15) is 38.2 Å². The van der Waals surface area contributed by atoms with Crippen LogP contribution in [0, 0.1) is 6.92 Å². The third kappa shape index (κ3) is 4.71. The summed E-state index contributed by atoms with van der Waals surface area (Å²) in [4.78, 5) is 5.36. The Bertz CT molecular complexity index is 948. The van der Waals surface area contributed by atoms with E-state index in [-0.39, 0.29) is 12.1 Å². The van der Waals surface area contributed by atoms with Crippen LogP contribution in [0.25, 0.3) is 0 Å². The first kappa shape index (κ1) is 21.3. The minimum atomic E-state index is -3.49. The number of sulfonamides is 1. The van der Waals surface area contributed by atoms with E-state index in [2.05, 4.69) is 52.6 Å². The molecule has 0 amide bonds. The Labute approximate surface area is 181 Å². The summed E-state index contributed by atoms with van der Waals surface area (Å²) in [6, 6.07) is 18.1. The van der Waals surface area contributed by atoms with E-state index in [4.69, 9.17) is 0 Å². The van der Waals surface area contributed by atoms with Crippen molar-refractivity contribution < 1.29 is 8.42 Å². The Balaban J connectivity index is 1.46. The van der Waals surface area contributed by atoms with Crippen molar-refractivity contribution in [2.45, 2.75) is 62.6 Å². The molecule has 0 bridgehead atoms. The molecule has 30 heavy (non-hydrogen) atoms. The van der Waals surface area contributed by atoms with Gasteiger partial charge >= 0.3 is 0 Å².